The van der Waals surface area contributed by atoms with E-state index in [2.05, 4.69) is 26.2 Å². The number of nitrogens with one attached hydrogen (secondary N) is 2. The molecule has 2 N–H and O–H groups in total. The van der Waals surface area contributed by atoms with E-state index in [0.29, 0.717) is 11.5 Å². The van der Waals surface area contributed by atoms with Crippen LogP contribution in [0.2, 0.25) is 0 Å². The van der Waals surface area contributed by atoms with Crippen molar-refractivity contribution >= 4 is 17.2 Å². The molecule has 1 aromatic heterocycles. The van der Waals surface area contributed by atoms with Crippen LogP contribution < -0.4 is 15.8 Å². The smallest absolute Gasteiger partial charge is 0.254 e. The Balaban J connectivity index is 1.11. The van der Waals surface area contributed by atoms with Crippen LogP contribution in [0.25, 0.3) is 5.57 Å². The summed E-state index contributed by atoms with van der Waals surface area (Å²) < 4.78 is 14.4. The maximum Gasteiger partial charge on any atom is 0.254 e. The van der Waals surface area contributed by atoms with E-state index in [1.54, 1.807) is 6.07 Å². The van der Waals surface area contributed by atoms with Crippen LogP contribution in [0, 0.1) is 11.2 Å². The molecule has 0 bridgehead atoms. The van der Waals surface area contributed by atoms with Gasteiger partial charge >= 0.3 is 0 Å². The zero-order valence-electron chi connectivity index (χ0n) is 20.2. The molecule has 0 radical (unpaired) electrons. The highest BCUT2D eigenvalue weighted by molar-refractivity contribution is 5.94. The number of nitrogens with zero attached hydrogens (tertiary/aromatic N) is 3. The molecule has 184 valence electrons. The Morgan fingerprint density at radius 1 is 1.17 bits per heavy atom. The predicted octanol–water partition coefficient (Wildman–Crippen LogP) is 2.91. The second-order valence-corrected chi connectivity index (χ2v) is 10.6. The first-order chi connectivity index (χ1) is 16.9. The summed E-state index contributed by atoms with van der Waals surface area (Å²) >= 11 is 0. The summed E-state index contributed by atoms with van der Waals surface area (Å²) in [7, 11) is 1.50. The molecular formula is C27H32FN5O2. The normalized spacial score (nSPS) is 23.2. The molecule has 1 amide bonds. The molecule has 1 atom stereocenters. The molecule has 8 heteroatoms. The third-order valence-corrected chi connectivity index (χ3v) is 8.48. The summed E-state index contributed by atoms with van der Waals surface area (Å²) in [5.41, 5.74) is 4.42. The Kier molecular flexibility index (Phi) is 5.51. The van der Waals surface area contributed by atoms with Crippen molar-refractivity contribution in [3.05, 3.63) is 63.1 Å². The lowest BCUT2D eigenvalue weighted by molar-refractivity contribution is 0.0959. The summed E-state index contributed by atoms with van der Waals surface area (Å²) in [5, 5.41) is 2.47. The Bertz CT molecular complexity index is 1260. The van der Waals surface area contributed by atoms with Crippen molar-refractivity contribution in [1.29, 1.82) is 0 Å². The molecule has 35 heavy (non-hydrogen) atoms. The van der Waals surface area contributed by atoms with Gasteiger partial charge < -0.3 is 15.2 Å². The number of anilines is 1. The van der Waals surface area contributed by atoms with Gasteiger partial charge in [0.15, 0.2) is 0 Å². The van der Waals surface area contributed by atoms with Crippen molar-refractivity contribution in [2.75, 3.05) is 38.1 Å². The average Bonchev–Trinajstić information content (AvgIpc) is 3.43. The van der Waals surface area contributed by atoms with Gasteiger partial charge in [-0.2, -0.15) is 0 Å². The van der Waals surface area contributed by atoms with Crippen molar-refractivity contribution in [2.45, 2.75) is 51.0 Å². The van der Waals surface area contributed by atoms with E-state index in [1.807, 2.05) is 6.07 Å². The molecule has 2 heterocycles. The number of aromatic nitrogens is 2. The highest BCUT2D eigenvalue weighted by atomic mass is 19.1. The van der Waals surface area contributed by atoms with Gasteiger partial charge in [0.2, 0.25) is 0 Å². The van der Waals surface area contributed by atoms with Crippen LogP contribution in [0.1, 0.15) is 59.5 Å². The first kappa shape index (κ1) is 22.5. The minimum absolute atomic E-state index is 0.0589. The van der Waals surface area contributed by atoms with Crippen LogP contribution in [-0.4, -0.2) is 60.0 Å². The number of H-pyrrole nitrogens is 1. The van der Waals surface area contributed by atoms with E-state index < -0.39 is 11.7 Å². The number of aryl methyl sites for hydroxylation is 1. The molecule has 6 rings (SSSR count). The Morgan fingerprint density at radius 2 is 1.97 bits per heavy atom. The van der Waals surface area contributed by atoms with Gasteiger partial charge in [0.05, 0.1) is 11.3 Å². The van der Waals surface area contributed by atoms with Gasteiger partial charge in [0.1, 0.15) is 11.6 Å². The number of piperazine rings is 1. The lowest BCUT2D eigenvalue weighted by Crippen LogP contribution is -2.49. The summed E-state index contributed by atoms with van der Waals surface area (Å²) in [4.78, 5) is 37.2. The summed E-state index contributed by atoms with van der Waals surface area (Å²) in [6.07, 6.45) is 9.72. The van der Waals surface area contributed by atoms with E-state index in [1.165, 1.54) is 32.4 Å². The minimum Gasteiger partial charge on any atom is -0.369 e. The topological polar surface area (TPSA) is 81.3 Å². The maximum absolute atomic E-state index is 14.4. The summed E-state index contributed by atoms with van der Waals surface area (Å²) in [6, 6.07) is 5.16. The van der Waals surface area contributed by atoms with Crippen molar-refractivity contribution in [1.82, 2.24) is 20.2 Å². The molecule has 1 spiro atoms. The largest absolute Gasteiger partial charge is 0.369 e. The minimum atomic E-state index is -0.494. The average molecular weight is 478 g/mol. The number of benzene rings is 1. The molecule has 3 aliphatic carbocycles. The molecular weight excluding hydrogens is 445 g/mol. The fourth-order valence-corrected chi connectivity index (χ4v) is 6.06. The predicted molar refractivity (Wildman–Crippen MR) is 133 cm³/mol. The molecule has 1 aliphatic heterocycles. The zero-order chi connectivity index (χ0) is 24.2. The molecule has 2 fully saturated rings. The first-order valence-corrected chi connectivity index (χ1v) is 12.8. The van der Waals surface area contributed by atoms with Crippen molar-refractivity contribution in [2.24, 2.45) is 5.41 Å². The highest BCUT2D eigenvalue weighted by Gasteiger charge is 2.45. The van der Waals surface area contributed by atoms with E-state index in [4.69, 9.17) is 4.98 Å². The number of amides is 1. The van der Waals surface area contributed by atoms with Crippen LogP contribution in [0.3, 0.4) is 0 Å². The maximum atomic E-state index is 14.4. The fraction of sp³-hybridized carbons (Fsp3) is 0.519. The second kappa shape index (κ2) is 8.59. The number of halogens is 1. The number of hydrogen-bond donors (Lipinski definition) is 2. The zero-order valence-corrected chi connectivity index (χ0v) is 20.2. The monoisotopic (exact) mass is 477 g/mol. The van der Waals surface area contributed by atoms with Crippen molar-refractivity contribution in [3.63, 3.8) is 0 Å². The van der Waals surface area contributed by atoms with Gasteiger partial charge in [-0.15, -0.1) is 0 Å². The number of allylic oxidation sites excluding steroid dienone is 1. The molecule has 7 nitrogen and oxygen atoms in total. The second-order valence-electron chi connectivity index (χ2n) is 10.6. The number of hydrogen-bond acceptors (Lipinski definition) is 5. The number of carbonyl (C=O) groups excluding carboxylic acids is 1. The Labute approximate surface area is 204 Å². The van der Waals surface area contributed by atoms with Gasteiger partial charge in [-0.05, 0) is 74.1 Å². The molecule has 1 saturated heterocycles. The number of rotatable bonds is 4. The van der Waals surface area contributed by atoms with E-state index in [0.717, 1.165) is 80.2 Å². The number of carbonyl (C=O) groups is 1. The van der Waals surface area contributed by atoms with Gasteiger partial charge in [0.25, 0.3) is 11.5 Å². The quantitative estimate of drug-likeness (QED) is 0.708. The molecule has 2 aromatic rings. The first-order valence-electron chi connectivity index (χ1n) is 12.8. The van der Waals surface area contributed by atoms with Crippen molar-refractivity contribution < 1.29 is 9.18 Å². The van der Waals surface area contributed by atoms with Crippen LogP contribution in [0.15, 0.2) is 29.1 Å². The highest BCUT2D eigenvalue weighted by Crippen LogP contribution is 2.53. The van der Waals surface area contributed by atoms with Crippen LogP contribution >= 0.6 is 0 Å². The van der Waals surface area contributed by atoms with E-state index in [-0.39, 0.29) is 11.1 Å². The standard InChI is InChI=1S/C27H32FN5O2/c1-29-25(34)20-5-4-19(15-22(20)28)33-12-10-32(11-13-33)18-3-2-17(14-18)24-30-23-6-7-27(8-9-27)16-21(23)26(35)31-24/h4-5,14-15,18H,2-3,6-13,16H2,1H3,(H,29,34)(H,30,31,35). The third-order valence-electron chi connectivity index (χ3n) is 8.48. The van der Waals surface area contributed by atoms with Gasteiger partial charge in [-0.3, -0.25) is 14.5 Å². The molecule has 1 aromatic carbocycles. The fourth-order valence-electron chi connectivity index (χ4n) is 6.06. The Hall–Kier alpha value is -3.00. The SMILES string of the molecule is CNC(=O)c1ccc(N2CCN(C3C=C(c4nc5c(c(=O)[nH]4)CC4(CC5)CC4)CC3)CC2)cc1F. The van der Waals surface area contributed by atoms with Crippen LogP contribution in [0.4, 0.5) is 10.1 Å². The van der Waals surface area contributed by atoms with Gasteiger partial charge in [-0.25, -0.2) is 9.37 Å². The van der Waals surface area contributed by atoms with Crippen molar-refractivity contribution in [3.8, 4) is 0 Å². The lowest BCUT2D eigenvalue weighted by atomic mass is 9.84. The molecule has 1 saturated carbocycles. The lowest BCUT2D eigenvalue weighted by Gasteiger charge is -2.38. The summed E-state index contributed by atoms with van der Waals surface area (Å²) in [5.74, 6) is -0.149. The van der Waals surface area contributed by atoms with Crippen LogP contribution in [-0.2, 0) is 12.8 Å². The van der Waals surface area contributed by atoms with E-state index in [9.17, 15) is 14.0 Å². The molecule has 4 aliphatic rings. The van der Waals surface area contributed by atoms with Gasteiger partial charge in [-0.1, -0.05) is 6.08 Å². The van der Waals surface area contributed by atoms with Gasteiger partial charge in [0, 0.05) is 50.5 Å². The number of fused-ring (bicyclic) bond motifs is 1. The summed E-state index contributed by atoms with van der Waals surface area (Å²) in [6.45, 7) is 3.36. The Morgan fingerprint density at radius 3 is 2.69 bits per heavy atom. The number of aromatic amines is 1. The van der Waals surface area contributed by atoms with Crippen LogP contribution in [0.5, 0.6) is 0 Å². The third kappa shape index (κ3) is 4.18. The van der Waals surface area contributed by atoms with E-state index >= 15 is 0 Å². The molecule has 1 unspecified atom stereocenters.